The van der Waals surface area contributed by atoms with Gasteiger partial charge in [0.05, 0.1) is 6.04 Å². The van der Waals surface area contributed by atoms with E-state index in [0.29, 0.717) is 5.02 Å². The lowest BCUT2D eigenvalue weighted by molar-refractivity contribution is 0.0519. The van der Waals surface area contributed by atoms with E-state index in [-0.39, 0.29) is 6.04 Å². The predicted octanol–water partition coefficient (Wildman–Crippen LogP) is 3.63. The van der Waals surface area contributed by atoms with Crippen molar-refractivity contribution in [2.75, 3.05) is 5.32 Å². The molecule has 0 radical (unpaired) electrons. The number of carbonyl (C=O) groups is 1. The molecule has 1 unspecified atom stereocenters. The van der Waals surface area contributed by atoms with Gasteiger partial charge in [-0.05, 0) is 45.9 Å². The summed E-state index contributed by atoms with van der Waals surface area (Å²) in [6.45, 7) is 7.20. The van der Waals surface area contributed by atoms with Crippen molar-refractivity contribution < 1.29 is 9.53 Å². The van der Waals surface area contributed by atoms with Gasteiger partial charge in [0.25, 0.3) is 0 Å². The highest BCUT2D eigenvalue weighted by atomic mass is 35.5. The van der Waals surface area contributed by atoms with Crippen LogP contribution in [0.25, 0.3) is 0 Å². The van der Waals surface area contributed by atoms with Gasteiger partial charge in [-0.25, -0.2) is 4.79 Å². The van der Waals surface area contributed by atoms with Gasteiger partial charge < -0.3 is 15.4 Å². The molecule has 1 atom stereocenters. The Morgan fingerprint density at radius 3 is 2.70 bits per heavy atom. The van der Waals surface area contributed by atoms with Crippen molar-refractivity contribution in [3.8, 4) is 12.0 Å². The number of alkyl carbamates (subject to hydrolysis) is 1. The third kappa shape index (κ3) is 6.91. The molecule has 0 aliphatic heterocycles. The van der Waals surface area contributed by atoms with Gasteiger partial charge in [0, 0.05) is 16.8 Å². The molecule has 0 fully saturated rings. The molecule has 0 heterocycles. The lowest BCUT2D eigenvalue weighted by Crippen LogP contribution is -2.37. The van der Waals surface area contributed by atoms with Crippen LogP contribution in [0.5, 0.6) is 0 Å². The first-order chi connectivity index (χ1) is 9.26. The van der Waals surface area contributed by atoms with Crippen LogP contribution in [-0.4, -0.2) is 17.7 Å². The summed E-state index contributed by atoms with van der Waals surface area (Å²) in [5.74, 6) is 2.85. The van der Waals surface area contributed by atoms with Crippen LogP contribution in [0.4, 0.5) is 10.5 Å². The summed E-state index contributed by atoms with van der Waals surface area (Å²) in [5, 5.41) is 6.17. The van der Waals surface area contributed by atoms with Crippen molar-refractivity contribution in [1.29, 1.82) is 0 Å². The first-order valence-electron chi connectivity index (χ1n) is 6.28. The Hall–Kier alpha value is -1.86. The lowest BCUT2D eigenvalue weighted by atomic mass is 10.2. The molecule has 1 aromatic carbocycles. The fourth-order valence-electron chi connectivity index (χ4n) is 1.30. The van der Waals surface area contributed by atoms with E-state index in [1.165, 1.54) is 0 Å². The zero-order chi connectivity index (χ0) is 15.2. The molecule has 5 heteroatoms. The van der Waals surface area contributed by atoms with E-state index in [1.54, 1.807) is 19.1 Å². The van der Waals surface area contributed by atoms with Crippen molar-refractivity contribution in [1.82, 2.24) is 5.32 Å². The summed E-state index contributed by atoms with van der Waals surface area (Å²) in [7, 11) is 0. The van der Waals surface area contributed by atoms with Crippen molar-refractivity contribution in [3.63, 3.8) is 0 Å². The number of nitrogens with one attached hydrogen (secondary N) is 2. The highest BCUT2D eigenvalue weighted by Crippen LogP contribution is 2.14. The van der Waals surface area contributed by atoms with Gasteiger partial charge in [-0.1, -0.05) is 23.6 Å². The number of amides is 1. The lowest BCUT2D eigenvalue weighted by Gasteiger charge is -2.20. The van der Waals surface area contributed by atoms with Crippen LogP contribution in [-0.2, 0) is 4.74 Å². The molecule has 0 aromatic heterocycles. The van der Waals surface area contributed by atoms with Crippen LogP contribution in [0.2, 0.25) is 5.02 Å². The highest BCUT2D eigenvalue weighted by molar-refractivity contribution is 6.30. The Morgan fingerprint density at radius 2 is 2.10 bits per heavy atom. The molecule has 1 rings (SSSR count). The number of halogens is 1. The SMILES string of the molecule is CC(C#CNc1cccc(Cl)c1)NC(=O)OC(C)(C)C. The summed E-state index contributed by atoms with van der Waals surface area (Å²) in [6, 6.07) is 9.68. The number of carbonyl (C=O) groups excluding carboxylic acids is 1. The number of benzene rings is 1. The van der Waals surface area contributed by atoms with E-state index in [1.807, 2.05) is 32.9 Å². The summed E-state index contributed by atoms with van der Waals surface area (Å²) >= 11 is 5.85. The number of hydrogen-bond donors (Lipinski definition) is 2. The minimum absolute atomic E-state index is 0.323. The molecule has 20 heavy (non-hydrogen) atoms. The van der Waals surface area contributed by atoms with Gasteiger partial charge in [0.2, 0.25) is 0 Å². The number of ether oxygens (including phenoxy) is 1. The monoisotopic (exact) mass is 294 g/mol. The quantitative estimate of drug-likeness (QED) is 0.647. The van der Waals surface area contributed by atoms with Crippen molar-refractivity contribution in [2.45, 2.75) is 39.3 Å². The van der Waals surface area contributed by atoms with Crippen LogP contribution in [0.1, 0.15) is 27.7 Å². The standard InChI is InChI=1S/C15H19ClN2O2/c1-11(18-14(19)20-15(2,3)4)8-9-17-13-7-5-6-12(16)10-13/h5-7,10-11,17H,1-4H3,(H,18,19). The highest BCUT2D eigenvalue weighted by Gasteiger charge is 2.16. The molecule has 0 spiro atoms. The zero-order valence-electron chi connectivity index (χ0n) is 12.1. The van der Waals surface area contributed by atoms with E-state index in [4.69, 9.17) is 16.3 Å². The maximum Gasteiger partial charge on any atom is 0.408 e. The van der Waals surface area contributed by atoms with E-state index < -0.39 is 11.7 Å². The average Bonchev–Trinajstić information content (AvgIpc) is 2.25. The van der Waals surface area contributed by atoms with Gasteiger partial charge in [-0.3, -0.25) is 0 Å². The van der Waals surface area contributed by atoms with Gasteiger partial charge in [-0.2, -0.15) is 0 Å². The Kier molecular flexibility index (Phi) is 5.72. The smallest absolute Gasteiger partial charge is 0.408 e. The summed E-state index contributed by atoms with van der Waals surface area (Å²) in [5.41, 5.74) is 0.283. The maximum absolute atomic E-state index is 11.5. The van der Waals surface area contributed by atoms with Crippen LogP contribution in [0, 0.1) is 12.0 Å². The van der Waals surface area contributed by atoms with Gasteiger partial charge in [0.1, 0.15) is 5.60 Å². The summed E-state index contributed by atoms with van der Waals surface area (Å²) in [4.78, 5) is 11.5. The predicted molar refractivity (Wildman–Crippen MR) is 81.7 cm³/mol. The Bertz CT molecular complexity index is 527. The fourth-order valence-corrected chi connectivity index (χ4v) is 1.49. The van der Waals surface area contributed by atoms with E-state index in [2.05, 4.69) is 22.6 Å². The molecule has 108 valence electrons. The van der Waals surface area contributed by atoms with Crippen LogP contribution < -0.4 is 10.6 Å². The second-order valence-corrected chi connectivity index (χ2v) is 5.71. The van der Waals surface area contributed by atoms with E-state index in [0.717, 1.165) is 5.69 Å². The molecule has 1 amide bonds. The molecule has 4 nitrogen and oxygen atoms in total. The van der Waals surface area contributed by atoms with Crippen LogP contribution in [0.15, 0.2) is 24.3 Å². The van der Waals surface area contributed by atoms with Crippen molar-refractivity contribution in [2.24, 2.45) is 0 Å². The second-order valence-electron chi connectivity index (χ2n) is 5.27. The fraction of sp³-hybridized carbons (Fsp3) is 0.400. The zero-order valence-corrected chi connectivity index (χ0v) is 12.8. The normalized spacial score (nSPS) is 11.8. The minimum Gasteiger partial charge on any atom is -0.444 e. The maximum atomic E-state index is 11.5. The first kappa shape index (κ1) is 16.2. The number of anilines is 1. The Labute approximate surface area is 124 Å². The molecule has 0 bridgehead atoms. The topological polar surface area (TPSA) is 50.4 Å². The third-order valence-corrected chi connectivity index (χ3v) is 2.29. The van der Waals surface area contributed by atoms with E-state index in [9.17, 15) is 4.79 Å². The van der Waals surface area contributed by atoms with Gasteiger partial charge in [0.15, 0.2) is 0 Å². The molecule has 0 aliphatic carbocycles. The second kappa shape index (κ2) is 7.06. The van der Waals surface area contributed by atoms with E-state index >= 15 is 0 Å². The molecule has 2 N–H and O–H groups in total. The molecule has 0 aliphatic rings. The molecule has 0 saturated carbocycles. The Morgan fingerprint density at radius 1 is 1.40 bits per heavy atom. The van der Waals surface area contributed by atoms with Crippen molar-refractivity contribution >= 4 is 23.4 Å². The van der Waals surface area contributed by atoms with Gasteiger partial charge in [-0.15, -0.1) is 0 Å². The largest absolute Gasteiger partial charge is 0.444 e. The molecular weight excluding hydrogens is 276 g/mol. The van der Waals surface area contributed by atoms with Gasteiger partial charge >= 0.3 is 6.09 Å². The average molecular weight is 295 g/mol. The number of hydrogen-bond acceptors (Lipinski definition) is 3. The number of rotatable bonds is 2. The van der Waals surface area contributed by atoms with Crippen LogP contribution in [0.3, 0.4) is 0 Å². The minimum atomic E-state index is -0.518. The molecule has 1 aromatic rings. The van der Waals surface area contributed by atoms with Crippen LogP contribution >= 0.6 is 11.6 Å². The summed E-state index contributed by atoms with van der Waals surface area (Å²) in [6.07, 6.45) is -0.484. The first-order valence-corrected chi connectivity index (χ1v) is 6.66. The Balaban J connectivity index is 2.45. The third-order valence-electron chi connectivity index (χ3n) is 2.05. The molecular formula is C15H19ClN2O2. The molecule has 0 saturated heterocycles. The summed E-state index contributed by atoms with van der Waals surface area (Å²) < 4.78 is 5.13. The van der Waals surface area contributed by atoms with Crippen molar-refractivity contribution in [3.05, 3.63) is 29.3 Å².